The first-order valence-corrected chi connectivity index (χ1v) is 10.9. The van der Waals surface area contributed by atoms with Gasteiger partial charge in [0, 0.05) is 21.2 Å². The third kappa shape index (κ3) is 3.54. The van der Waals surface area contributed by atoms with Gasteiger partial charge in [0.25, 0.3) is 10.1 Å². The van der Waals surface area contributed by atoms with Crippen LogP contribution in [0.5, 0.6) is 11.5 Å². The number of phenolic OH excluding ortho intramolecular Hbond substituents is 2. The van der Waals surface area contributed by atoms with E-state index in [9.17, 15) is 23.2 Å². The Balaban J connectivity index is 2.65. The number of rotatable bonds is 4. The van der Waals surface area contributed by atoms with Crippen molar-refractivity contribution in [1.29, 1.82) is 0 Å². The summed E-state index contributed by atoms with van der Waals surface area (Å²) in [6.07, 6.45) is 0. The second-order valence-electron chi connectivity index (χ2n) is 6.06. The van der Waals surface area contributed by atoms with Gasteiger partial charge >= 0.3 is 0 Å². The van der Waals surface area contributed by atoms with E-state index in [4.69, 9.17) is 46.4 Å². The Labute approximate surface area is 186 Å². The van der Waals surface area contributed by atoms with Crippen molar-refractivity contribution < 1.29 is 23.2 Å². The first-order chi connectivity index (χ1) is 13.5. The van der Waals surface area contributed by atoms with Crippen LogP contribution < -0.4 is 0 Å². The van der Waals surface area contributed by atoms with Gasteiger partial charge in [-0.15, -0.1) is 0 Å². The maximum absolute atomic E-state index is 13.0. The highest BCUT2D eigenvalue weighted by Gasteiger charge is 2.53. The zero-order valence-corrected chi connectivity index (χ0v) is 18.1. The fraction of sp³-hybridized carbons (Fsp3) is 0.0526. The molecule has 10 heteroatoms. The Bertz CT molecular complexity index is 1200. The van der Waals surface area contributed by atoms with Crippen LogP contribution in [0.3, 0.4) is 0 Å². The average Bonchev–Trinajstić information content (AvgIpc) is 2.64. The van der Waals surface area contributed by atoms with Crippen molar-refractivity contribution in [1.82, 2.24) is 0 Å². The van der Waals surface area contributed by atoms with Crippen LogP contribution in [0.4, 0.5) is 0 Å². The first kappa shape index (κ1) is 22.0. The van der Waals surface area contributed by atoms with Gasteiger partial charge in [-0.2, -0.15) is 8.42 Å². The molecule has 3 aromatic carbocycles. The van der Waals surface area contributed by atoms with Gasteiger partial charge in [0.1, 0.15) is 5.75 Å². The molecule has 0 amide bonds. The monoisotopic (exact) mass is 492 g/mol. The van der Waals surface area contributed by atoms with Gasteiger partial charge in [0.2, 0.25) is 0 Å². The van der Waals surface area contributed by atoms with Crippen molar-refractivity contribution >= 4 is 56.5 Å². The predicted octanol–water partition coefficient (Wildman–Crippen LogP) is 5.89. The molecule has 0 fully saturated rings. The van der Waals surface area contributed by atoms with Crippen LogP contribution in [-0.2, 0) is 14.9 Å². The van der Waals surface area contributed by atoms with Crippen LogP contribution >= 0.6 is 46.4 Å². The van der Waals surface area contributed by atoms with E-state index in [0.29, 0.717) is 0 Å². The highest BCUT2D eigenvalue weighted by atomic mass is 35.5. The Morgan fingerprint density at radius 1 is 0.828 bits per heavy atom. The predicted molar refractivity (Wildman–Crippen MR) is 114 cm³/mol. The van der Waals surface area contributed by atoms with Crippen LogP contribution in [0, 0.1) is 0 Å². The lowest BCUT2D eigenvalue weighted by molar-refractivity contribution is 0.439. The summed E-state index contributed by atoms with van der Waals surface area (Å²) in [5.74, 6) is -1.18. The summed E-state index contributed by atoms with van der Waals surface area (Å²) < 4.78 is 33.9. The zero-order valence-electron chi connectivity index (χ0n) is 14.3. The van der Waals surface area contributed by atoms with Crippen LogP contribution in [0.1, 0.15) is 16.7 Å². The van der Waals surface area contributed by atoms with Gasteiger partial charge < -0.3 is 10.2 Å². The number of aromatic hydroxyl groups is 2. The normalized spacial score (nSPS) is 13.8. The summed E-state index contributed by atoms with van der Waals surface area (Å²) in [6.45, 7) is 0. The molecular weight excluding hydrogens is 482 g/mol. The van der Waals surface area contributed by atoms with E-state index in [0.717, 1.165) is 12.1 Å². The third-order valence-corrected chi connectivity index (χ3v) is 7.03. The molecule has 29 heavy (non-hydrogen) atoms. The van der Waals surface area contributed by atoms with Gasteiger partial charge in [-0.25, -0.2) is 0 Å². The van der Waals surface area contributed by atoms with Gasteiger partial charge in [0.15, 0.2) is 10.5 Å². The molecule has 5 nitrogen and oxygen atoms in total. The molecule has 3 aromatic rings. The second kappa shape index (κ2) is 7.87. The molecule has 0 aromatic heterocycles. The van der Waals surface area contributed by atoms with E-state index in [1.54, 1.807) is 6.07 Å². The van der Waals surface area contributed by atoms with E-state index < -0.39 is 31.4 Å². The van der Waals surface area contributed by atoms with Crippen molar-refractivity contribution in [3.63, 3.8) is 0 Å². The van der Waals surface area contributed by atoms with Gasteiger partial charge in [-0.05, 0) is 23.8 Å². The van der Waals surface area contributed by atoms with Crippen LogP contribution in [0.25, 0.3) is 0 Å². The van der Waals surface area contributed by atoms with Crippen molar-refractivity contribution in [2.24, 2.45) is 0 Å². The largest absolute Gasteiger partial charge is 0.508 e. The molecule has 0 bridgehead atoms. The summed E-state index contributed by atoms with van der Waals surface area (Å²) >= 11 is 24.4. The molecular formula is C19H12Cl4O5S. The minimum Gasteiger partial charge on any atom is -0.508 e. The molecule has 0 aliphatic heterocycles. The smallest absolute Gasteiger partial charge is 0.283 e. The van der Waals surface area contributed by atoms with Gasteiger partial charge in [-0.3, -0.25) is 4.55 Å². The van der Waals surface area contributed by atoms with Crippen molar-refractivity contribution in [2.75, 3.05) is 0 Å². The highest BCUT2D eigenvalue weighted by molar-refractivity contribution is 7.87. The fourth-order valence-corrected chi connectivity index (χ4v) is 5.91. The topological polar surface area (TPSA) is 94.8 Å². The van der Waals surface area contributed by atoms with Crippen molar-refractivity contribution in [3.05, 3.63) is 91.4 Å². The van der Waals surface area contributed by atoms with E-state index in [1.807, 2.05) is 0 Å². The third-order valence-electron chi connectivity index (χ3n) is 4.40. The lowest BCUT2D eigenvalue weighted by Crippen LogP contribution is -2.39. The van der Waals surface area contributed by atoms with Crippen molar-refractivity contribution in [2.45, 2.75) is 4.75 Å². The Kier molecular flexibility index (Phi) is 5.98. The Morgan fingerprint density at radius 2 is 1.45 bits per heavy atom. The van der Waals surface area contributed by atoms with E-state index in [2.05, 4.69) is 0 Å². The molecule has 0 aliphatic rings. The number of phenols is 2. The number of hydrogen-bond acceptors (Lipinski definition) is 4. The summed E-state index contributed by atoms with van der Waals surface area (Å²) in [6, 6.07) is 12.2. The van der Waals surface area contributed by atoms with Gasteiger partial charge in [0.05, 0.1) is 10.0 Å². The SMILES string of the molecule is O=S(=O)(O)C(c1ccccc1)(c1ccc(Cl)cc1O)c1c(Cl)cc(Cl)c(O)c1Cl. The lowest BCUT2D eigenvalue weighted by Gasteiger charge is -2.34. The molecule has 3 N–H and O–H groups in total. The molecule has 3 rings (SSSR count). The lowest BCUT2D eigenvalue weighted by atomic mass is 9.83. The fourth-order valence-electron chi connectivity index (χ4n) is 3.23. The molecule has 0 radical (unpaired) electrons. The average molecular weight is 494 g/mol. The van der Waals surface area contributed by atoms with Crippen LogP contribution in [0.15, 0.2) is 54.6 Å². The summed E-state index contributed by atoms with van der Waals surface area (Å²) in [7, 11) is -5.12. The molecule has 0 saturated heterocycles. The summed E-state index contributed by atoms with van der Waals surface area (Å²) in [5, 5.41) is 20.0. The van der Waals surface area contributed by atoms with Crippen LogP contribution in [-0.4, -0.2) is 23.2 Å². The Morgan fingerprint density at radius 3 is 2.00 bits per heavy atom. The second-order valence-corrected chi connectivity index (χ2v) is 9.25. The molecule has 0 spiro atoms. The molecule has 152 valence electrons. The quantitative estimate of drug-likeness (QED) is 0.311. The molecule has 1 atom stereocenters. The molecule has 0 saturated carbocycles. The number of hydrogen-bond donors (Lipinski definition) is 3. The molecule has 1 unspecified atom stereocenters. The minimum atomic E-state index is -5.12. The van der Waals surface area contributed by atoms with E-state index in [1.165, 1.54) is 36.4 Å². The summed E-state index contributed by atoms with van der Waals surface area (Å²) in [5.41, 5.74) is -0.652. The minimum absolute atomic E-state index is 0.00523. The maximum Gasteiger partial charge on any atom is 0.283 e. The molecule has 0 aliphatic carbocycles. The Hall–Kier alpha value is -1.67. The standard InChI is InChI=1S/C19H12Cl4O5S/c20-11-6-7-12(15(24)8-11)19(29(26,27)28,10-4-2-1-3-5-10)16-13(21)9-14(22)18(25)17(16)23/h1-9,24-25H,(H,26,27,28). The first-order valence-electron chi connectivity index (χ1n) is 7.90. The summed E-state index contributed by atoms with van der Waals surface area (Å²) in [4.78, 5) is 0. The van der Waals surface area contributed by atoms with Crippen LogP contribution in [0.2, 0.25) is 20.1 Å². The highest BCUT2D eigenvalue weighted by Crippen LogP contribution is 2.54. The van der Waals surface area contributed by atoms with E-state index >= 15 is 0 Å². The zero-order chi connectivity index (χ0) is 21.6. The maximum atomic E-state index is 13.0. The number of benzene rings is 3. The van der Waals surface area contributed by atoms with Crippen molar-refractivity contribution in [3.8, 4) is 11.5 Å². The van der Waals surface area contributed by atoms with Gasteiger partial charge in [-0.1, -0.05) is 82.8 Å². The van der Waals surface area contributed by atoms with E-state index in [-0.39, 0.29) is 31.8 Å². The number of halogens is 4. The molecule has 0 heterocycles.